The van der Waals surface area contributed by atoms with Crippen LogP contribution >= 0.6 is 0 Å². The highest BCUT2D eigenvalue weighted by Crippen LogP contribution is 2.14. The molecule has 0 aromatic carbocycles. The standard InChI is InChI=1S/C12H26N2/c1-10(2)9-12(5)14(11(3)4)8-6-7-13/h6,8,10-12H,7,9,13H2,1-5H3. The predicted molar refractivity (Wildman–Crippen MR) is 64.1 cm³/mol. The molecule has 1 unspecified atom stereocenters. The molecule has 0 aliphatic heterocycles. The normalized spacial score (nSPS) is 14.3. The molecule has 0 fully saturated rings. The van der Waals surface area contributed by atoms with Crippen molar-refractivity contribution in [1.82, 2.24) is 4.90 Å². The van der Waals surface area contributed by atoms with Crippen LogP contribution in [0.4, 0.5) is 0 Å². The summed E-state index contributed by atoms with van der Waals surface area (Å²) < 4.78 is 0. The molecule has 1 atom stereocenters. The number of nitrogens with two attached hydrogens (primary N) is 1. The summed E-state index contributed by atoms with van der Waals surface area (Å²) in [4.78, 5) is 2.38. The Morgan fingerprint density at radius 2 is 1.71 bits per heavy atom. The van der Waals surface area contributed by atoms with Gasteiger partial charge in [0.15, 0.2) is 0 Å². The SMILES string of the molecule is CC(C)CC(C)N(C=CCN)C(C)C. The fraction of sp³-hybridized carbons (Fsp3) is 0.833. The minimum Gasteiger partial charge on any atom is -0.373 e. The van der Waals surface area contributed by atoms with E-state index < -0.39 is 0 Å². The van der Waals surface area contributed by atoms with Crippen LogP contribution in [0.15, 0.2) is 12.3 Å². The zero-order chi connectivity index (χ0) is 11.1. The Morgan fingerprint density at radius 1 is 1.14 bits per heavy atom. The summed E-state index contributed by atoms with van der Waals surface area (Å²) in [6.45, 7) is 11.9. The van der Waals surface area contributed by atoms with Crippen molar-refractivity contribution in [2.45, 2.75) is 53.1 Å². The van der Waals surface area contributed by atoms with E-state index in [-0.39, 0.29) is 0 Å². The Labute approximate surface area is 89.2 Å². The maximum Gasteiger partial charge on any atom is 0.0261 e. The first kappa shape index (κ1) is 13.5. The van der Waals surface area contributed by atoms with Crippen molar-refractivity contribution in [3.05, 3.63) is 12.3 Å². The Morgan fingerprint density at radius 3 is 2.07 bits per heavy atom. The highest BCUT2D eigenvalue weighted by Gasteiger charge is 2.13. The van der Waals surface area contributed by atoms with Crippen LogP contribution in [0.3, 0.4) is 0 Å². The van der Waals surface area contributed by atoms with E-state index in [2.05, 4.69) is 45.7 Å². The summed E-state index contributed by atoms with van der Waals surface area (Å²) in [5.41, 5.74) is 5.46. The van der Waals surface area contributed by atoms with Gasteiger partial charge in [0.25, 0.3) is 0 Å². The molecule has 2 nitrogen and oxygen atoms in total. The topological polar surface area (TPSA) is 29.3 Å². The van der Waals surface area contributed by atoms with Crippen molar-refractivity contribution >= 4 is 0 Å². The second kappa shape index (κ2) is 6.88. The molecule has 0 radical (unpaired) electrons. The van der Waals surface area contributed by atoms with Gasteiger partial charge in [-0.1, -0.05) is 19.9 Å². The van der Waals surface area contributed by atoms with E-state index >= 15 is 0 Å². The van der Waals surface area contributed by atoms with Crippen LogP contribution in [0.25, 0.3) is 0 Å². The second-order valence-corrected chi connectivity index (χ2v) is 4.64. The molecule has 0 heterocycles. The number of hydrogen-bond donors (Lipinski definition) is 1. The molecule has 0 aliphatic carbocycles. The van der Waals surface area contributed by atoms with E-state index in [1.165, 1.54) is 6.42 Å². The lowest BCUT2D eigenvalue weighted by Gasteiger charge is -2.32. The fourth-order valence-corrected chi connectivity index (χ4v) is 1.81. The Hall–Kier alpha value is -0.500. The van der Waals surface area contributed by atoms with Gasteiger partial charge in [-0.2, -0.15) is 0 Å². The monoisotopic (exact) mass is 198 g/mol. The average molecular weight is 198 g/mol. The van der Waals surface area contributed by atoms with Crippen LogP contribution in [0.2, 0.25) is 0 Å². The number of rotatable bonds is 6. The van der Waals surface area contributed by atoms with Gasteiger partial charge < -0.3 is 10.6 Å². The van der Waals surface area contributed by atoms with E-state index in [9.17, 15) is 0 Å². The first-order chi connectivity index (χ1) is 6.49. The first-order valence-corrected chi connectivity index (χ1v) is 5.63. The van der Waals surface area contributed by atoms with Gasteiger partial charge in [0.2, 0.25) is 0 Å². The van der Waals surface area contributed by atoms with Crippen LogP contribution in [0.5, 0.6) is 0 Å². The molecule has 0 rings (SSSR count). The summed E-state index contributed by atoms with van der Waals surface area (Å²) in [6.07, 6.45) is 5.39. The van der Waals surface area contributed by atoms with Crippen LogP contribution in [-0.2, 0) is 0 Å². The van der Waals surface area contributed by atoms with Gasteiger partial charge in [-0.05, 0) is 39.3 Å². The summed E-state index contributed by atoms with van der Waals surface area (Å²) in [5, 5.41) is 0. The zero-order valence-electron chi connectivity index (χ0n) is 10.3. The lowest BCUT2D eigenvalue weighted by atomic mass is 10.0. The van der Waals surface area contributed by atoms with E-state index in [0.717, 1.165) is 5.92 Å². The van der Waals surface area contributed by atoms with Crippen LogP contribution in [-0.4, -0.2) is 23.5 Å². The molecular formula is C12H26N2. The summed E-state index contributed by atoms with van der Waals surface area (Å²) in [7, 11) is 0. The van der Waals surface area contributed by atoms with Crippen molar-refractivity contribution < 1.29 is 0 Å². The second-order valence-electron chi connectivity index (χ2n) is 4.64. The molecule has 0 saturated heterocycles. The molecular weight excluding hydrogens is 172 g/mol. The van der Waals surface area contributed by atoms with Gasteiger partial charge in [-0.3, -0.25) is 0 Å². The van der Waals surface area contributed by atoms with Crippen LogP contribution in [0.1, 0.15) is 41.0 Å². The molecule has 0 saturated carbocycles. The van der Waals surface area contributed by atoms with Crippen molar-refractivity contribution in [2.75, 3.05) is 6.54 Å². The lowest BCUT2D eigenvalue weighted by Crippen LogP contribution is -2.35. The Bertz CT molecular complexity index is 162. The van der Waals surface area contributed by atoms with Crippen LogP contribution < -0.4 is 5.73 Å². The molecule has 0 aromatic heterocycles. The molecule has 2 heteroatoms. The molecule has 0 bridgehead atoms. The Balaban J connectivity index is 4.25. The highest BCUT2D eigenvalue weighted by molar-refractivity contribution is 4.88. The number of nitrogens with zero attached hydrogens (tertiary/aromatic N) is 1. The van der Waals surface area contributed by atoms with Gasteiger partial charge in [0, 0.05) is 18.6 Å². The zero-order valence-corrected chi connectivity index (χ0v) is 10.3. The van der Waals surface area contributed by atoms with Crippen molar-refractivity contribution in [3.63, 3.8) is 0 Å². The minimum absolute atomic E-state index is 0.548. The molecule has 84 valence electrons. The van der Waals surface area contributed by atoms with Gasteiger partial charge >= 0.3 is 0 Å². The maximum atomic E-state index is 5.46. The fourth-order valence-electron chi connectivity index (χ4n) is 1.81. The third kappa shape index (κ3) is 5.28. The van der Waals surface area contributed by atoms with Crippen LogP contribution in [0, 0.1) is 5.92 Å². The van der Waals surface area contributed by atoms with E-state index in [0.29, 0.717) is 18.6 Å². The highest BCUT2D eigenvalue weighted by atomic mass is 15.2. The smallest absolute Gasteiger partial charge is 0.0261 e. The van der Waals surface area contributed by atoms with E-state index in [1.54, 1.807) is 0 Å². The lowest BCUT2D eigenvalue weighted by molar-refractivity contribution is 0.215. The third-order valence-corrected chi connectivity index (χ3v) is 2.33. The van der Waals surface area contributed by atoms with Gasteiger partial charge in [0.05, 0.1) is 0 Å². The first-order valence-electron chi connectivity index (χ1n) is 5.63. The van der Waals surface area contributed by atoms with Gasteiger partial charge in [-0.15, -0.1) is 0 Å². The van der Waals surface area contributed by atoms with Gasteiger partial charge in [-0.25, -0.2) is 0 Å². The minimum atomic E-state index is 0.548. The van der Waals surface area contributed by atoms with E-state index in [1.807, 2.05) is 6.08 Å². The van der Waals surface area contributed by atoms with Crippen molar-refractivity contribution in [1.29, 1.82) is 0 Å². The third-order valence-electron chi connectivity index (χ3n) is 2.33. The quantitative estimate of drug-likeness (QED) is 0.711. The molecule has 14 heavy (non-hydrogen) atoms. The molecule has 0 spiro atoms. The Kier molecular flexibility index (Phi) is 6.64. The summed E-state index contributed by atoms with van der Waals surface area (Å²) in [6, 6.07) is 1.14. The van der Waals surface area contributed by atoms with E-state index in [4.69, 9.17) is 5.73 Å². The van der Waals surface area contributed by atoms with Crippen molar-refractivity contribution in [3.8, 4) is 0 Å². The molecule has 0 aromatic rings. The predicted octanol–water partition coefficient (Wildman–Crippen LogP) is 2.60. The molecule has 0 aliphatic rings. The largest absolute Gasteiger partial charge is 0.373 e. The maximum absolute atomic E-state index is 5.46. The average Bonchev–Trinajstić information content (AvgIpc) is 2.02. The molecule has 0 amide bonds. The van der Waals surface area contributed by atoms with Crippen molar-refractivity contribution in [2.24, 2.45) is 11.7 Å². The summed E-state index contributed by atoms with van der Waals surface area (Å²) in [5.74, 6) is 0.748. The number of hydrogen-bond acceptors (Lipinski definition) is 2. The summed E-state index contributed by atoms with van der Waals surface area (Å²) >= 11 is 0. The van der Waals surface area contributed by atoms with Gasteiger partial charge in [0.1, 0.15) is 0 Å². The molecule has 2 N–H and O–H groups in total.